The average molecular weight is 280 g/mol. The number of nitrogens with zero attached hydrogens (tertiary/aromatic N) is 1. The van der Waals surface area contributed by atoms with E-state index < -0.39 is 0 Å². The van der Waals surface area contributed by atoms with Crippen LogP contribution in [0.1, 0.15) is 65.2 Å². The lowest BCUT2D eigenvalue weighted by Crippen LogP contribution is -2.47. The molecule has 0 aliphatic carbocycles. The Morgan fingerprint density at radius 3 is 2.65 bits per heavy atom. The van der Waals surface area contributed by atoms with E-state index in [1.165, 1.54) is 38.5 Å². The predicted molar refractivity (Wildman–Crippen MR) is 83.6 cm³/mol. The van der Waals surface area contributed by atoms with Gasteiger partial charge < -0.3 is 10.2 Å². The summed E-state index contributed by atoms with van der Waals surface area (Å²) in [6.45, 7) is 7.84. The van der Waals surface area contributed by atoms with Gasteiger partial charge in [-0.15, -0.1) is 0 Å². The highest BCUT2D eigenvalue weighted by atomic mass is 16.2. The van der Waals surface area contributed by atoms with Crippen molar-refractivity contribution < 1.29 is 4.79 Å². The van der Waals surface area contributed by atoms with Crippen molar-refractivity contribution in [2.24, 2.45) is 11.8 Å². The van der Waals surface area contributed by atoms with Crippen molar-refractivity contribution in [3.63, 3.8) is 0 Å². The summed E-state index contributed by atoms with van der Waals surface area (Å²) in [4.78, 5) is 14.8. The second-order valence-electron chi connectivity index (χ2n) is 6.79. The molecular weight excluding hydrogens is 248 g/mol. The summed E-state index contributed by atoms with van der Waals surface area (Å²) >= 11 is 0. The molecule has 2 rings (SSSR count). The molecule has 2 aliphatic heterocycles. The second-order valence-corrected chi connectivity index (χ2v) is 6.79. The SMILES string of the molecule is CCCC1C(C)CCCN1C(=O)CCC1CCNCC1. The summed E-state index contributed by atoms with van der Waals surface area (Å²) in [7, 11) is 0. The van der Waals surface area contributed by atoms with Crippen molar-refractivity contribution in [2.75, 3.05) is 19.6 Å². The summed E-state index contributed by atoms with van der Waals surface area (Å²) < 4.78 is 0. The lowest BCUT2D eigenvalue weighted by molar-refractivity contribution is -0.136. The van der Waals surface area contributed by atoms with Gasteiger partial charge in [0.05, 0.1) is 0 Å². The zero-order chi connectivity index (χ0) is 14.4. The fourth-order valence-electron chi connectivity index (χ4n) is 3.94. The molecule has 0 aromatic heterocycles. The Kier molecular flexibility index (Phi) is 6.34. The van der Waals surface area contributed by atoms with Gasteiger partial charge in [-0.2, -0.15) is 0 Å². The van der Waals surface area contributed by atoms with Crippen molar-refractivity contribution in [3.05, 3.63) is 0 Å². The van der Waals surface area contributed by atoms with Crippen LogP contribution < -0.4 is 5.32 Å². The summed E-state index contributed by atoms with van der Waals surface area (Å²) in [5, 5.41) is 3.40. The molecule has 2 aliphatic rings. The first-order valence-electron chi connectivity index (χ1n) is 8.72. The molecule has 2 atom stereocenters. The van der Waals surface area contributed by atoms with Crippen LogP contribution in [-0.4, -0.2) is 36.5 Å². The Balaban J connectivity index is 1.82. The molecule has 0 bridgehead atoms. The Morgan fingerprint density at radius 2 is 1.95 bits per heavy atom. The van der Waals surface area contributed by atoms with Crippen molar-refractivity contribution in [2.45, 2.75) is 71.3 Å². The largest absolute Gasteiger partial charge is 0.339 e. The van der Waals surface area contributed by atoms with Gasteiger partial charge in [-0.05, 0) is 63.5 Å². The standard InChI is InChI=1S/C17H32N2O/c1-3-5-16-14(2)6-4-13-19(16)17(20)8-7-15-9-11-18-12-10-15/h14-16,18H,3-13H2,1-2H3. The topological polar surface area (TPSA) is 32.3 Å². The molecule has 2 unspecified atom stereocenters. The fraction of sp³-hybridized carbons (Fsp3) is 0.941. The lowest BCUT2D eigenvalue weighted by Gasteiger charge is -2.40. The van der Waals surface area contributed by atoms with Gasteiger partial charge in [0, 0.05) is 19.0 Å². The van der Waals surface area contributed by atoms with E-state index in [-0.39, 0.29) is 0 Å². The van der Waals surface area contributed by atoms with E-state index in [4.69, 9.17) is 0 Å². The summed E-state index contributed by atoms with van der Waals surface area (Å²) in [5.41, 5.74) is 0. The van der Waals surface area contributed by atoms with Gasteiger partial charge in [-0.25, -0.2) is 0 Å². The first kappa shape index (κ1) is 15.8. The van der Waals surface area contributed by atoms with Gasteiger partial charge in [0.2, 0.25) is 5.91 Å². The molecule has 0 radical (unpaired) electrons. The monoisotopic (exact) mass is 280 g/mol. The molecule has 1 amide bonds. The van der Waals surface area contributed by atoms with Crippen LogP contribution >= 0.6 is 0 Å². The van der Waals surface area contributed by atoms with Gasteiger partial charge in [0.15, 0.2) is 0 Å². The maximum atomic E-state index is 12.6. The molecule has 0 aromatic rings. The third-order valence-corrected chi connectivity index (χ3v) is 5.25. The van der Waals surface area contributed by atoms with Crippen molar-refractivity contribution in [1.29, 1.82) is 0 Å². The number of nitrogens with one attached hydrogen (secondary N) is 1. The quantitative estimate of drug-likeness (QED) is 0.839. The Morgan fingerprint density at radius 1 is 1.20 bits per heavy atom. The highest BCUT2D eigenvalue weighted by Gasteiger charge is 2.31. The summed E-state index contributed by atoms with van der Waals surface area (Å²) in [6, 6.07) is 0.509. The predicted octanol–water partition coefficient (Wildman–Crippen LogP) is 3.19. The molecule has 3 nitrogen and oxygen atoms in total. The number of rotatable bonds is 5. The van der Waals surface area contributed by atoms with Gasteiger partial charge in [0.25, 0.3) is 0 Å². The van der Waals surface area contributed by atoms with Crippen LogP contribution in [0.5, 0.6) is 0 Å². The minimum Gasteiger partial charge on any atom is -0.339 e. The van der Waals surface area contributed by atoms with E-state index >= 15 is 0 Å². The molecular formula is C17H32N2O. The van der Waals surface area contributed by atoms with Gasteiger partial charge in [-0.3, -0.25) is 4.79 Å². The molecule has 1 N–H and O–H groups in total. The molecule has 0 aromatic carbocycles. The number of hydrogen-bond acceptors (Lipinski definition) is 2. The number of amides is 1. The number of hydrogen-bond donors (Lipinski definition) is 1. The normalized spacial score (nSPS) is 28.6. The molecule has 20 heavy (non-hydrogen) atoms. The third-order valence-electron chi connectivity index (χ3n) is 5.25. The van der Waals surface area contributed by atoms with E-state index in [2.05, 4.69) is 24.1 Å². The van der Waals surface area contributed by atoms with Crippen LogP contribution in [0.25, 0.3) is 0 Å². The summed E-state index contributed by atoms with van der Waals surface area (Å²) in [6.07, 6.45) is 9.24. The zero-order valence-electron chi connectivity index (χ0n) is 13.4. The Labute approximate surface area is 124 Å². The van der Waals surface area contributed by atoms with Gasteiger partial charge >= 0.3 is 0 Å². The smallest absolute Gasteiger partial charge is 0.222 e. The van der Waals surface area contributed by atoms with E-state index in [0.29, 0.717) is 17.9 Å². The second kappa shape index (κ2) is 8.02. The van der Waals surface area contributed by atoms with Gasteiger partial charge in [-0.1, -0.05) is 20.3 Å². The van der Waals surface area contributed by atoms with Gasteiger partial charge in [0.1, 0.15) is 0 Å². The first-order valence-corrected chi connectivity index (χ1v) is 8.72. The highest BCUT2D eigenvalue weighted by Crippen LogP contribution is 2.28. The maximum Gasteiger partial charge on any atom is 0.222 e. The number of carbonyl (C=O) groups excluding carboxylic acids is 1. The fourth-order valence-corrected chi connectivity index (χ4v) is 3.94. The van der Waals surface area contributed by atoms with Crippen LogP contribution in [0.2, 0.25) is 0 Å². The third kappa shape index (κ3) is 4.21. The lowest BCUT2D eigenvalue weighted by atomic mass is 9.87. The molecule has 2 heterocycles. The van der Waals surface area contributed by atoms with E-state index in [1.807, 2.05) is 0 Å². The molecule has 3 heteroatoms. The average Bonchev–Trinajstić information content (AvgIpc) is 2.48. The number of carbonyl (C=O) groups is 1. The van der Waals surface area contributed by atoms with Crippen LogP contribution in [0.3, 0.4) is 0 Å². The minimum atomic E-state index is 0.425. The van der Waals surface area contributed by atoms with E-state index in [0.717, 1.165) is 38.4 Å². The Hall–Kier alpha value is -0.570. The zero-order valence-corrected chi connectivity index (χ0v) is 13.4. The van der Waals surface area contributed by atoms with Crippen LogP contribution in [0.4, 0.5) is 0 Å². The van der Waals surface area contributed by atoms with Crippen molar-refractivity contribution in [1.82, 2.24) is 10.2 Å². The first-order chi connectivity index (χ1) is 9.72. The van der Waals surface area contributed by atoms with Crippen molar-refractivity contribution in [3.8, 4) is 0 Å². The maximum absolute atomic E-state index is 12.6. The van der Waals surface area contributed by atoms with Crippen molar-refractivity contribution >= 4 is 5.91 Å². The van der Waals surface area contributed by atoms with Crippen LogP contribution in [0.15, 0.2) is 0 Å². The summed E-state index contributed by atoms with van der Waals surface area (Å²) in [5.74, 6) is 1.88. The highest BCUT2D eigenvalue weighted by molar-refractivity contribution is 5.76. The molecule has 0 spiro atoms. The minimum absolute atomic E-state index is 0.425. The van der Waals surface area contributed by atoms with E-state index in [1.54, 1.807) is 0 Å². The molecule has 2 fully saturated rings. The molecule has 0 saturated carbocycles. The van der Waals surface area contributed by atoms with Crippen LogP contribution in [0, 0.1) is 11.8 Å². The number of likely N-dealkylation sites (tertiary alicyclic amines) is 1. The van der Waals surface area contributed by atoms with Crippen LogP contribution in [-0.2, 0) is 4.79 Å². The number of piperidine rings is 2. The Bertz CT molecular complexity index is 299. The molecule has 116 valence electrons. The van der Waals surface area contributed by atoms with E-state index in [9.17, 15) is 4.79 Å². The molecule has 2 saturated heterocycles.